The maximum atomic E-state index is 2.52. The molecule has 0 spiro atoms. The van der Waals surface area contributed by atoms with Crippen LogP contribution in [0.5, 0.6) is 0 Å². The normalized spacial score (nSPS) is 13.7. The van der Waals surface area contributed by atoms with E-state index in [9.17, 15) is 0 Å². The van der Waals surface area contributed by atoms with Crippen LogP contribution >= 0.6 is 11.3 Å². The van der Waals surface area contributed by atoms with Crippen molar-refractivity contribution in [1.82, 2.24) is 9.13 Å². The smallest absolute Gasteiger partial charge is 0.0641 e. The third kappa shape index (κ3) is 4.48. The van der Waals surface area contributed by atoms with Crippen LogP contribution in [-0.4, -0.2) is 9.13 Å². The summed E-state index contributed by atoms with van der Waals surface area (Å²) in [4.78, 5) is 0. The molecule has 3 heterocycles. The van der Waals surface area contributed by atoms with Crippen LogP contribution in [0.2, 0.25) is 0 Å². The summed E-state index contributed by atoms with van der Waals surface area (Å²) in [5, 5.41) is 7.74. The number of fused-ring (bicyclic) bond motifs is 13. The molecule has 3 aromatic heterocycles. The minimum absolute atomic E-state index is 0.159. The monoisotopic (exact) mass is 754 g/mol. The fourth-order valence-corrected chi connectivity index (χ4v) is 11.2. The van der Waals surface area contributed by atoms with Crippen LogP contribution < -0.4 is 0 Å². The minimum Gasteiger partial charge on any atom is -0.309 e. The fraction of sp³-hybridized carbons (Fsp3) is 0.0182. The summed E-state index contributed by atoms with van der Waals surface area (Å²) in [6.07, 6.45) is 0. The van der Waals surface area contributed by atoms with Gasteiger partial charge >= 0.3 is 0 Å². The van der Waals surface area contributed by atoms with Gasteiger partial charge in [0.2, 0.25) is 0 Å². The van der Waals surface area contributed by atoms with Crippen molar-refractivity contribution in [3.63, 3.8) is 0 Å². The highest BCUT2D eigenvalue weighted by Gasteiger charge is 2.31. The van der Waals surface area contributed by atoms with Crippen molar-refractivity contribution in [1.29, 1.82) is 0 Å². The van der Waals surface area contributed by atoms with E-state index in [1.165, 1.54) is 114 Å². The fourth-order valence-electron chi connectivity index (χ4n) is 10.1. The Hall–Kier alpha value is -7.20. The van der Waals surface area contributed by atoms with Gasteiger partial charge in [0.25, 0.3) is 0 Å². The minimum atomic E-state index is 0.159. The number of nitrogens with zero attached hydrogens (tertiary/aromatic N) is 2. The lowest BCUT2D eigenvalue weighted by Crippen LogP contribution is -2.00. The van der Waals surface area contributed by atoms with Crippen molar-refractivity contribution in [2.75, 3.05) is 0 Å². The predicted octanol–water partition coefficient (Wildman–Crippen LogP) is 15.1. The molecule has 58 heavy (non-hydrogen) atoms. The molecule has 0 saturated carbocycles. The van der Waals surface area contributed by atoms with Gasteiger partial charge in [-0.3, -0.25) is 0 Å². The van der Waals surface area contributed by atoms with Gasteiger partial charge in [-0.1, -0.05) is 140 Å². The number of hydrogen-bond donors (Lipinski definition) is 0. The van der Waals surface area contributed by atoms with E-state index in [1.807, 2.05) is 11.3 Å². The highest BCUT2D eigenvalue weighted by atomic mass is 32.1. The van der Waals surface area contributed by atoms with E-state index in [0.29, 0.717) is 0 Å². The van der Waals surface area contributed by atoms with Crippen molar-refractivity contribution in [3.8, 4) is 33.6 Å². The maximum absolute atomic E-state index is 2.52. The van der Waals surface area contributed by atoms with Crippen molar-refractivity contribution in [2.45, 2.75) is 5.92 Å². The maximum Gasteiger partial charge on any atom is 0.0641 e. The molecular formula is C55H34N2S. The van der Waals surface area contributed by atoms with Crippen molar-refractivity contribution < 1.29 is 0 Å². The predicted molar refractivity (Wildman–Crippen MR) is 246 cm³/mol. The molecular weight excluding hydrogens is 721 g/mol. The summed E-state index contributed by atoms with van der Waals surface area (Å²) in [5.41, 5.74) is 16.4. The molecule has 9 aromatic carbocycles. The van der Waals surface area contributed by atoms with Crippen LogP contribution in [0.3, 0.4) is 0 Å². The Morgan fingerprint density at radius 3 is 1.90 bits per heavy atom. The summed E-state index contributed by atoms with van der Waals surface area (Å²) >= 11 is 1.87. The van der Waals surface area contributed by atoms with E-state index < -0.39 is 0 Å². The van der Waals surface area contributed by atoms with E-state index >= 15 is 0 Å². The van der Waals surface area contributed by atoms with E-state index in [2.05, 4.69) is 209 Å². The van der Waals surface area contributed by atoms with Gasteiger partial charge in [-0.25, -0.2) is 0 Å². The molecule has 0 N–H and O–H groups in total. The number of benzene rings is 9. The Morgan fingerprint density at radius 2 is 1.03 bits per heavy atom. The summed E-state index contributed by atoms with van der Waals surface area (Å²) in [7, 11) is 0. The molecule has 0 saturated heterocycles. The first-order valence-electron chi connectivity index (χ1n) is 20.0. The Bertz CT molecular complexity index is 3620. The van der Waals surface area contributed by atoms with Gasteiger partial charge in [0, 0.05) is 59.0 Å². The molecule has 12 aromatic rings. The molecule has 3 heteroatoms. The third-order valence-electron chi connectivity index (χ3n) is 12.6. The quantitative estimate of drug-likeness (QED) is 0.169. The van der Waals surface area contributed by atoms with E-state index in [4.69, 9.17) is 0 Å². The number of aromatic nitrogens is 2. The summed E-state index contributed by atoms with van der Waals surface area (Å²) < 4.78 is 7.62. The molecule has 0 amide bonds. The topological polar surface area (TPSA) is 9.86 Å². The largest absolute Gasteiger partial charge is 0.309 e. The molecule has 0 bridgehead atoms. The zero-order valence-corrected chi connectivity index (χ0v) is 32.2. The SMILES string of the molecule is c1ccc(-n2c3ccccc3c3c2ccc2c4ccccc4n(-c4ccc5c(c4)-c4ccccc4C5c4ccc(-c5ccc6sc7ccccc7c6c5)cc4)c23)cc1. The Kier molecular flexibility index (Phi) is 6.69. The van der Waals surface area contributed by atoms with Crippen LogP contribution in [-0.2, 0) is 0 Å². The first-order chi connectivity index (χ1) is 28.8. The van der Waals surface area contributed by atoms with Gasteiger partial charge < -0.3 is 9.13 Å². The van der Waals surface area contributed by atoms with Crippen LogP contribution in [0, 0.1) is 0 Å². The number of hydrogen-bond acceptors (Lipinski definition) is 1. The van der Waals surface area contributed by atoms with Gasteiger partial charge in [-0.15, -0.1) is 11.3 Å². The van der Waals surface area contributed by atoms with Gasteiger partial charge in [-0.2, -0.15) is 0 Å². The second kappa shape index (κ2) is 12.1. The zero-order chi connectivity index (χ0) is 37.9. The van der Waals surface area contributed by atoms with Crippen LogP contribution in [0.4, 0.5) is 0 Å². The molecule has 2 nitrogen and oxygen atoms in total. The van der Waals surface area contributed by atoms with E-state index in [0.717, 1.165) is 0 Å². The summed E-state index contributed by atoms with van der Waals surface area (Å²) in [6.45, 7) is 0. The van der Waals surface area contributed by atoms with E-state index in [1.54, 1.807) is 0 Å². The number of para-hydroxylation sites is 3. The van der Waals surface area contributed by atoms with Gasteiger partial charge in [-0.05, 0) is 99.6 Å². The standard InChI is InChI=1S/C55H34N2S/c1-2-12-37(13-3-1)56-49-20-10-7-18-45(49)54-50(56)30-29-44-40-15-6-9-19-48(40)57(55(44)54)38-27-28-43-46(33-38)39-14-4-5-17-42(39)53(43)35-24-22-34(23-25-35)36-26-31-52-47(32-36)41-16-8-11-21-51(41)58-52/h1-33,53H. The first kappa shape index (κ1) is 31.9. The lowest BCUT2D eigenvalue weighted by molar-refractivity contribution is 1.01. The average molecular weight is 755 g/mol. The van der Waals surface area contributed by atoms with Crippen LogP contribution in [0.25, 0.3) is 97.4 Å². The molecule has 270 valence electrons. The lowest BCUT2D eigenvalue weighted by atomic mass is 9.88. The molecule has 0 radical (unpaired) electrons. The Morgan fingerprint density at radius 1 is 0.362 bits per heavy atom. The Labute approximate surface area is 339 Å². The second-order valence-corrected chi connectivity index (χ2v) is 16.7. The lowest BCUT2D eigenvalue weighted by Gasteiger charge is -2.16. The highest BCUT2D eigenvalue weighted by molar-refractivity contribution is 7.25. The van der Waals surface area contributed by atoms with Crippen LogP contribution in [0.1, 0.15) is 22.6 Å². The molecule has 13 rings (SSSR count). The average Bonchev–Trinajstić information content (AvgIpc) is 4.02. The second-order valence-electron chi connectivity index (χ2n) is 15.6. The molecule has 1 aliphatic rings. The highest BCUT2D eigenvalue weighted by Crippen LogP contribution is 2.50. The van der Waals surface area contributed by atoms with Gasteiger partial charge in [0.1, 0.15) is 0 Å². The third-order valence-corrected chi connectivity index (χ3v) is 13.8. The van der Waals surface area contributed by atoms with E-state index in [-0.39, 0.29) is 5.92 Å². The molecule has 1 aliphatic carbocycles. The number of thiophene rings is 1. The molecule has 1 unspecified atom stereocenters. The van der Waals surface area contributed by atoms with Crippen LogP contribution in [0.15, 0.2) is 200 Å². The first-order valence-corrected chi connectivity index (χ1v) is 20.9. The van der Waals surface area contributed by atoms with Crippen molar-refractivity contribution in [2.24, 2.45) is 0 Å². The zero-order valence-electron chi connectivity index (χ0n) is 31.4. The Balaban J connectivity index is 0.982. The molecule has 1 atom stereocenters. The number of rotatable bonds is 4. The van der Waals surface area contributed by atoms with Crippen molar-refractivity contribution >= 4 is 75.1 Å². The van der Waals surface area contributed by atoms with Gasteiger partial charge in [0.15, 0.2) is 0 Å². The van der Waals surface area contributed by atoms with Crippen molar-refractivity contribution in [3.05, 3.63) is 217 Å². The molecule has 0 fully saturated rings. The summed E-state index contributed by atoms with van der Waals surface area (Å²) in [5.74, 6) is 0.159. The molecule has 0 aliphatic heterocycles. The van der Waals surface area contributed by atoms with Gasteiger partial charge in [0.05, 0.1) is 22.1 Å². The summed E-state index contributed by atoms with van der Waals surface area (Å²) in [6, 6.07) is 74.4.